The van der Waals surface area contributed by atoms with Crippen molar-refractivity contribution in [2.24, 2.45) is 0 Å². The van der Waals surface area contributed by atoms with E-state index in [4.69, 9.17) is 0 Å². The second-order valence-electron chi connectivity index (χ2n) is 5.09. The van der Waals surface area contributed by atoms with Crippen molar-refractivity contribution in [1.82, 2.24) is 5.32 Å². The molecule has 3 heteroatoms. The average Bonchev–Trinajstić information content (AvgIpc) is 2.84. The van der Waals surface area contributed by atoms with Gasteiger partial charge < -0.3 is 5.32 Å². The average molecular weight is 368 g/mol. The Morgan fingerprint density at radius 2 is 1.65 bits per heavy atom. The summed E-state index contributed by atoms with van der Waals surface area (Å²) in [7, 11) is 0. The molecular weight excluding hydrogens is 353 g/mol. The summed E-state index contributed by atoms with van der Waals surface area (Å²) in [6, 6.07) is 14.6. The zero-order valence-corrected chi connectivity index (χ0v) is 13.9. The van der Waals surface area contributed by atoms with Crippen LogP contribution in [0.3, 0.4) is 0 Å². The molecule has 0 aliphatic carbocycles. The molecule has 1 aliphatic rings. The SMILES string of the molecule is Fc1ccc(/C(=C/c2ccc(Br)cc2)C2=CC=CC=CN2)cc1. The summed E-state index contributed by atoms with van der Waals surface area (Å²) in [4.78, 5) is 0. The predicted octanol–water partition coefficient (Wildman–Crippen LogP) is 5.69. The van der Waals surface area contributed by atoms with E-state index in [1.807, 2.05) is 54.8 Å². The molecule has 0 fully saturated rings. The summed E-state index contributed by atoms with van der Waals surface area (Å²) in [5, 5.41) is 3.27. The van der Waals surface area contributed by atoms with Crippen LogP contribution in [0.4, 0.5) is 4.39 Å². The van der Waals surface area contributed by atoms with Crippen LogP contribution < -0.4 is 5.32 Å². The van der Waals surface area contributed by atoms with Gasteiger partial charge in [-0.1, -0.05) is 52.3 Å². The first-order valence-electron chi connectivity index (χ1n) is 7.26. The molecular formula is C20H15BrFN. The first kappa shape index (κ1) is 15.5. The molecule has 0 unspecified atom stereocenters. The van der Waals surface area contributed by atoms with Gasteiger partial charge in [-0.25, -0.2) is 4.39 Å². The highest BCUT2D eigenvalue weighted by Crippen LogP contribution is 2.26. The monoisotopic (exact) mass is 367 g/mol. The highest BCUT2D eigenvalue weighted by Gasteiger charge is 2.08. The molecule has 1 nitrogen and oxygen atoms in total. The fraction of sp³-hybridized carbons (Fsp3) is 0. The maximum Gasteiger partial charge on any atom is 0.123 e. The Morgan fingerprint density at radius 1 is 0.913 bits per heavy atom. The van der Waals surface area contributed by atoms with Crippen molar-refractivity contribution in [2.75, 3.05) is 0 Å². The van der Waals surface area contributed by atoms with E-state index in [9.17, 15) is 4.39 Å². The van der Waals surface area contributed by atoms with E-state index in [0.29, 0.717) is 0 Å². The van der Waals surface area contributed by atoms with Gasteiger partial charge >= 0.3 is 0 Å². The van der Waals surface area contributed by atoms with Gasteiger partial charge in [0.05, 0.1) is 0 Å². The van der Waals surface area contributed by atoms with Crippen LogP contribution in [-0.4, -0.2) is 0 Å². The summed E-state index contributed by atoms with van der Waals surface area (Å²) in [5.74, 6) is -0.237. The van der Waals surface area contributed by atoms with Gasteiger partial charge in [-0.2, -0.15) is 0 Å². The van der Waals surface area contributed by atoms with Gasteiger partial charge in [-0.15, -0.1) is 0 Å². The Labute approximate surface area is 143 Å². The van der Waals surface area contributed by atoms with Gasteiger partial charge in [0, 0.05) is 21.9 Å². The zero-order valence-electron chi connectivity index (χ0n) is 12.3. The molecule has 23 heavy (non-hydrogen) atoms. The van der Waals surface area contributed by atoms with Crippen molar-refractivity contribution < 1.29 is 4.39 Å². The van der Waals surface area contributed by atoms with E-state index in [-0.39, 0.29) is 5.82 Å². The van der Waals surface area contributed by atoms with E-state index in [0.717, 1.165) is 26.9 Å². The van der Waals surface area contributed by atoms with Crippen molar-refractivity contribution >= 4 is 27.6 Å². The number of nitrogens with one attached hydrogen (secondary N) is 1. The molecule has 0 amide bonds. The topological polar surface area (TPSA) is 12.0 Å². The first-order valence-corrected chi connectivity index (χ1v) is 8.05. The predicted molar refractivity (Wildman–Crippen MR) is 97.9 cm³/mol. The fourth-order valence-electron chi connectivity index (χ4n) is 2.30. The maximum absolute atomic E-state index is 13.3. The summed E-state index contributed by atoms with van der Waals surface area (Å²) < 4.78 is 14.3. The normalized spacial score (nSPS) is 14.2. The van der Waals surface area contributed by atoms with Crippen molar-refractivity contribution in [2.45, 2.75) is 0 Å². The van der Waals surface area contributed by atoms with Crippen LogP contribution in [0.5, 0.6) is 0 Å². The van der Waals surface area contributed by atoms with E-state index in [2.05, 4.69) is 27.3 Å². The van der Waals surface area contributed by atoms with Crippen LogP contribution in [0.25, 0.3) is 11.6 Å². The number of halogens is 2. The first-order chi connectivity index (χ1) is 11.2. The second kappa shape index (κ2) is 7.25. The summed E-state index contributed by atoms with van der Waals surface area (Å²) in [6.07, 6.45) is 11.9. The highest BCUT2D eigenvalue weighted by atomic mass is 79.9. The summed E-state index contributed by atoms with van der Waals surface area (Å²) in [5.41, 5.74) is 4.00. The molecule has 0 saturated heterocycles. The van der Waals surface area contributed by atoms with Gasteiger partial charge in [0.25, 0.3) is 0 Å². The van der Waals surface area contributed by atoms with Gasteiger partial charge in [0.15, 0.2) is 0 Å². The fourth-order valence-corrected chi connectivity index (χ4v) is 2.56. The molecule has 0 radical (unpaired) electrons. The van der Waals surface area contributed by atoms with Gasteiger partial charge in [-0.05, 0) is 53.6 Å². The Kier molecular flexibility index (Phi) is 4.89. The minimum Gasteiger partial charge on any atom is -0.361 e. The van der Waals surface area contributed by atoms with Gasteiger partial charge in [-0.3, -0.25) is 0 Å². The quantitative estimate of drug-likeness (QED) is 0.687. The molecule has 0 bridgehead atoms. The lowest BCUT2D eigenvalue weighted by Crippen LogP contribution is -2.06. The summed E-state index contributed by atoms with van der Waals surface area (Å²) in [6.45, 7) is 0. The van der Waals surface area contributed by atoms with Crippen LogP contribution in [0.1, 0.15) is 11.1 Å². The third kappa shape index (κ3) is 4.08. The van der Waals surface area contributed by atoms with Crippen molar-refractivity contribution in [3.05, 3.63) is 106 Å². The molecule has 2 aromatic rings. The van der Waals surface area contributed by atoms with Crippen molar-refractivity contribution in [3.63, 3.8) is 0 Å². The molecule has 2 aromatic carbocycles. The van der Waals surface area contributed by atoms with Crippen LogP contribution >= 0.6 is 15.9 Å². The number of hydrogen-bond acceptors (Lipinski definition) is 1. The maximum atomic E-state index is 13.3. The number of hydrogen-bond donors (Lipinski definition) is 1. The molecule has 0 aromatic heterocycles. The van der Waals surface area contributed by atoms with Gasteiger partial charge in [0.2, 0.25) is 0 Å². The number of rotatable bonds is 3. The van der Waals surface area contributed by atoms with Crippen LogP contribution in [0, 0.1) is 5.82 Å². The molecule has 1 aliphatic heterocycles. The minimum atomic E-state index is -0.237. The smallest absolute Gasteiger partial charge is 0.123 e. The molecule has 1 heterocycles. The highest BCUT2D eigenvalue weighted by molar-refractivity contribution is 9.10. The van der Waals surface area contributed by atoms with E-state index in [1.54, 1.807) is 12.1 Å². The minimum absolute atomic E-state index is 0.237. The molecule has 114 valence electrons. The molecule has 0 atom stereocenters. The standard InChI is InChI=1S/C20H15BrFN/c21-17-9-5-15(6-10-17)14-19(16-7-11-18(22)12-8-16)20-4-2-1-3-13-23-20/h1-14,23H/b19-14-. The molecule has 0 saturated carbocycles. The van der Waals surface area contributed by atoms with Crippen LogP contribution in [0.2, 0.25) is 0 Å². The molecule has 0 spiro atoms. The second-order valence-corrected chi connectivity index (χ2v) is 6.00. The van der Waals surface area contributed by atoms with Crippen molar-refractivity contribution in [3.8, 4) is 0 Å². The van der Waals surface area contributed by atoms with Crippen LogP contribution in [-0.2, 0) is 0 Å². The zero-order chi connectivity index (χ0) is 16.1. The van der Waals surface area contributed by atoms with Crippen LogP contribution in [0.15, 0.2) is 89.2 Å². The molecule has 1 N–H and O–H groups in total. The van der Waals surface area contributed by atoms with E-state index < -0.39 is 0 Å². The Hall–Kier alpha value is -2.39. The number of benzene rings is 2. The third-order valence-corrected chi connectivity index (χ3v) is 3.98. The number of allylic oxidation sites excluding steroid dienone is 5. The van der Waals surface area contributed by atoms with E-state index >= 15 is 0 Å². The van der Waals surface area contributed by atoms with Crippen molar-refractivity contribution in [1.29, 1.82) is 0 Å². The third-order valence-electron chi connectivity index (χ3n) is 3.45. The summed E-state index contributed by atoms with van der Waals surface area (Å²) >= 11 is 3.45. The largest absolute Gasteiger partial charge is 0.361 e. The van der Waals surface area contributed by atoms with E-state index in [1.165, 1.54) is 12.1 Å². The van der Waals surface area contributed by atoms with Gasteiger partial charge in [0.1, 0.15) is 5.82 Å². The Morgan fingerprint density at radius 3 is 2.39 bits per heavy atom. The Bertz CT molecular complexity index is 797. The molecule has 3 rings (SSSR count). The lowest BCUT2D eigenvalue weighted by Gasteiger charge is -2.13. The Balaban J connectivity index is 2.07. The lowest BCUT2D eigenvalue weighted by atomic mass is 9.99. The lowest BCUT2D eigenvalue weighted by molar-refractivity contribution is 0.627.